The maximum atomic E-state index is 12.2. The van der Waals surface area contributed by atoms with Gasteiger partial charge in [0, 0.05) is 17.4 Å². The van der Waals surface area contributed by atoms with Crippen molar-refractivity contribution in [2.75, 3.05) is 13.2 Å². The summed E-state index contributed by atoms with van der Waals surface area (Å²) in [6.07, 6.45) is -0.0872. The van der Waals surface area contributed by atoms with Gasteiger partial charge < -0.3 is 9.84 Å². The Bertz CT molecular complexity index is 844. The fourth-order valence-corrected chi connectivity index (χ4v) is 3.28. The Morgan fingerprint density at radius 3 is 2.23 bits per heavy atom. The van der Waals surface area contributed by atoms with Crippen LogP contribution < -0.4 is 0 Å². The van der Waals surface area contributed by atoms with Crippen molar-refractivity contribution in [1.82, 2.24) is 0 Å². The second-order valence-corrected chi connectivity index (χ2v) is 5.99. The number of aliphatic carboxylic acids is 1. The van der Waals surface area contributed by atoms with E-state index in [2.05, 4.69) is 10.0 Å². The Labute approximate surface area is 149 Å². The highest BCUT2D eigenvalue weighted by Crippen LogP contribution is 2.44. The van der Waals surface area contributed by atoms with Crippen LogP contribution in [0.1, 0.15) is 23.5 Å². The smallest absolute Gasteiger partial charge is 0.320 e. The highest BCUT2D eigenvalue weighted by Gasteiger charge is 2.32. The van der Waals surface area contributed by atoms with Crippen LogP contribution in [0.25, 0.3) is 21.6 Å². The van der Waals surface area contributed by atoms with E-state index in [1.807, 2.05) is 48.5 Å². The van der Waals surface area contributed by atoms with Crippen molar-refractivity contribution < 1.29 is 19.4 Å². The van der Waals surface area contributed by atoms with E-state index in [0.717, 1.165) is 22.3 Å². The highest BCUT2D eigenvalue weighted by atomic mass is 16.5. The van der Waals surface area contributed by atoms with E-state index in [0.29, 0.717) is 0 Å². The molecule has 7 heteroatoms. The zero-order valence-electron chi connectivity index (χ0n) is 13.9. The van der Waals surface area contributed by atoms with Crippen LogP contribution in [0, 0.1) is 5.92 Å². The lowest BCUT2D eigenvalue weighted by molar-refractivity contribution is -0.159. The van der Waals surface area contributed by atoms with Crippen LogP contribution in [0.3, 0.4) is 0 Å². The Hall–Kier alpha value is -3.31. The summed E-state index contributed by atoms with van der Waals surface area (Å²) in [4.78, 5) is 26.1. The normalized spacial score (nSPS) is 13.2. The minimum absolute atomic E-state index is 0.0676. The number of ether oxygens (including phenoxy) is 1. The van der Waals surface area contributed by atoms with Crippen molar-refractivity contribution in [3.05, 3.63) is 70.1 Å². The summed E-state index contributed by atoms with van der Waals surface area (Å²) < 4.78 is 5.34. The van der Waals surface area contributed by atoms with Crippen molar-refractivity contribution in [2.45, 2.75) is 12.3 Å². The van der Waals surface area contributed by atoms with E-state index in [9.17, 15) is 14.7 Å². The number of rotatable bonds is 7. The molecule has 0 heterocycles. The molecule has 0 amide bonds. The molecule has 1 aliphatic carbocycles. The Morgan fingerprint density at radius 2 is 1.69 bits per heavy atom. The van der Waals surface area contributed by atoms with Crippen LogP contribution in [0.15, 0.2) is 53.6 Å². The van der Waals surface area contributed by atoms with Crippen molar-refractivity contribution in [1.29, 1.82) is 0 Å². The molecule has 1 aliphatic rings. The van der Waals surface area contributed by atoms with Crippen LogP contribution in [0.4, 0.5) is 0 Å². The standard InChI is InChI=1S/C19H17N3O4/c20-22-21-10-9-16(18(23)24)19(25)26-11-17-14-7-3-1-5-12(14)13-6-2-4-8-15(13)17/h1-8,16-17H,9-11H2,(H,23,24). The summed E-state index contributed by atoms with van der Waals surface area (Å²) in [7, 11) is 0. The lowest BCUT2D eigenvalue weighted by Crippen LogP contribution is -2.28. The average molecular weight is 351 g/mol. The number of esters is 1. The van der Waals surface area contributed by atoms with E-state index in [1.165, 1.54) is 0 Å². The maximum Gasteiger partial charge on any atom is 0.320 e. The van der Waals surface area contributed by atoms with Gasteiger partial charge in [-0.2, -0.15) is 0 Å². The minimum atomic E-state index is -1.34. The van der Waals surface area contributed by atoms with Gasteiger partial charge in [-0.1, -0.05) is 53.6 Å². The van der Waals surface area contributed by atoms with E-state index in [4.69, 9.17) is 10.3 Å². The molecular weight excluding hydrogens is 334 g/mol. The number of azide groups is 1. The lowest BCUT2D eigenvalue weighted by Gasteiger charge is -2.16. The second-order valence-electron chi connectivity index (χ2n) is 5.99. The van der Waals surface area contributed by atoms with Gasteiger partial charge in [-0.15, -0.1) is 0 Å². The molecule has 0 aliphatic heterocycles. The SMILES string of the molecule is [N-]=[N+]=NCCC(C(=O)O)C(=O)OCC1c2ccccc2-c2ccccc21. The number of hydrogen-bond acceptors (Lipinski definition) is 4. The molecule has 7 nitrogen and oxygen atoms in total. The maximum absolute atomic E-state index is 12.2. The average Bonchev–Trinajstić information content (AvgIpc) is 2.97. The fraction of sp³-hybridized carbons (Fsp3) is 0.263. The highest BCUT2D eigenvalue weighted by molar-refractivity contribution is 5.94. The van der Waals surface area contributed by atoms with Crippen molar-refractivity contribution in [3.8, 4) is 11.1 Å². The molecule has 132 valence electrons. The third-order valence-electron chi connectivity index (χ3n) is 4.52. The third kappa shape index (κ3) is 3.38. The molecule has 0 spiro atoms. The predicted octanol–water partition coefficient (Wildman–Crippen LogP) is 3.74. The molecule has 1 N–H and O–H groups in total. The molecule has 2 aromatic rings. The quantitative estimate of drug-likeness (QED) is 0.269. The first kappa shape index (κ1) is 17.5. The summed E-state index contributed by atoms with van der Waals surface area (Å²) in [6, 6.07) is 15.8. The van der Waals surface area contributed by atoms with Crippen LogP contribution in [-0.2, 0) is 14.3 Å². The number of carboxylic acids is 1. The first-order chi connectivity index (χ1) is 12.6. The summed E-state index contributed by atoms with van der Waals surface area (Å²) in [6.45, 7) is -0.00415. The molecule has 3 rings (SSSR count). The molecule has 0 saturated carbocycles. The summed E-state index contributed by atoms with van der Waals surface area (Å²) in [5.41, 5.74) is 12.6. The molecule has 0 radical (unpaired) electrons. The Kier molecular flexibility index (Phi) is 5.20. The number of carboxylic acid groups (broad SMARTS) is 1. The summed E-state index contributed by atoms with van der Waals surface area (Å²) in [5, 5.41) is 12.5. The fourth-order valence-electron chi connectivity index (χ4n) is 3.28. The van der Waals surface area contributed by atoms with Gasteiger partial charge in [0.05, 0.1) is 0 Å². The zero-order chi connectivity index (χ0) is 18.5. The largest absolute Gasteiger partial charge is 0.481 e. The van der Waals surface area contributed by atoms with Gasteiger partial charge >= 0.3 is 11.9 Å². The van der Waals surface area contributed by atoms with E-state index < -0.39 is 17.9 Å². The first-order valence-electron chi connectivity index (χ1n) is 8.22. The second kappa shape index (κ2) is 7.72. The molecule has 26 heavy (non-hydrogen) atoms. The number of carbonyl (C=O) groups is 2. The lowest BCUT2D eigenvalue weighted by atomic mass is 9.98. The Balaban J connectivity index is 1.75. The van der Waals surface area contributed by atoms with Gasteiger partial charge in [-0.3, -0.25) is 9.59 Å². The molecule has 1 atom stereocenters. The number of carbonyl (C=O) groups excluding carboxylic acids is 1. The molecular formula is C19H17N3O4. The van der Waals surface area contributed by atoms with Crippen LogP contribution in [0.2, 0.25) is 0 Å². The van der Waals surface area contributed by atoms with Crippen molar-refractivity contribution in [3.63, 3.8) is 0 Å². The van der Waals surface area contributed by atoms with E-state index >= 15 is 0 Å². The molecule has 0 bridgehead atoms. The minimum Gasteiger partial charge on any atom is -0.481 e. The summed E-state index contributed by atoms with van der Waals surface area (Å²) in [5.74, 6) is -3.56. The predicted molar refractivity (Wildman–Crippen MR) is 94.4 cm³/mol. The topological polar surface area (TPSA) is 112 Å². The molecule has 0 saturated heterocycles. The molecule has 2 aromatic carbocycles. The zero-order valence-corrected chi connectivity index (χ0v) is 13.9. The van der Waals surface area contributed by atoms with Crippen LogP contribution in [0.5, 0.6) is 0 Å². The van der Waals surface area contributed by atoms with Crippen LogP contribution >= 0.6 is 0 Å². The van der Waals surface area contributed by atoms with Gasteiger partial charge in [0.25, 0.3) is 0 Å². The Morgan fingerprint density at radius 1 is 1.12 bits per heavy atom. The van der Waals surface area contributed by atoms with Crippen molar-refractivity contribution in [2.24, 2.45) is 11.0 Å². The number of hydrogen-bond donors (Lipinski definition) is 1. The summed E-state index contributed by atoms with van der Waals surface area (Å²) >= 11 is 0. The van der Waals surface area contributed by atoms with Gasteiger partial charge in [-0.25, -0.2) is 0 Å². The third-order valence-corrected chi connectivity index (χ3v) is 4.52. The number of nitrogens with zero attached hydrogens (tertiary/aromatic N) is 3. The first-order valence-corrected chi connectivity index (χ1v) is 8.22. The van der Waals surface area contributed by atoms with Crippen molar-refractivity contribution >= 4 is 11.9 Å². The van der Waals surface area contributed by atoms with Gasteiger partial charge in [-0.05, 0) is 34.2 Å². The number of benzene rings is 2. The van der Waals surface area contributed by atoms with Crippen LogP contribution in [-0.4, -0.2) is 30.2 Å². The number of fused-ring (bicyclic) bond motifs is 3. The van der Waals surface area contributed by atoms with Gasteiger partial charge in [0.2, 0.25) is 0 Å². The van der Waals surface area contributed by atoms with Gasteiger partial charge in [0.15, 0.2) is 5.92 Å². The monoisotopic (exact) mass is 351 g/mol. The van der Waals surface area contributed by atoms with Gasteiger partial charge in [0.1, 0.15) is 6.61 Å². The molecule has 0 fully saturated rings. The molecule has 0 aromatic heterocycles. The molecule has 1 unspecified atom stereocenters. The van der Waals surface area contributed by atoms with E-state index in [-0.39, 0.29) is 25.5 Å². The van der Waals surface area contributed by atoms with E-state index in [1.54, 1.807) is 0 Å².